The van der Waals surface area contributed by atoms with Crippen LogP contribution in [0.2, 0.25) is 0 Å². The largest absolute Gasteiger partial charge is 0.493 e. The Bertz CT molecular complexity index is 1400. The highest BCUT2D eigenvalue weighted by Crippen LogP contribution is 2.34. The molecule has 9 nitrogen and oxygen atoms in total. The van der Waals surface area contributed by atoms with Crippen molar-refractivity contribution < 1.29 is 24.5 Å². The number of hydrogen-bond acceptors (Lipinski definition) is 8. The second kappa shape index (κ2) is 14.3. The van der Waals surface area contributed by atoms with Gasteiger partial charge in [-0.2, -0.15) is 0 Å². The van der Waals surface area contributed by atoms with Gasteiger partial charge in [0.05, 0.1) is 19.8 Å². The van der Waals surface area contributed by atoms with Gasteiger partial charge < -0.3 is 29.9 Å². The summed E-state index contributed by atoms with van der Waals surface area (Å²) in [4.78, 5) is 22.7. The monoisotopic (exact) mass is 588 g/mol. The van der Waals surface area contributed by atoms with Gasteiger partial charge in [-0.1, -0.05) is 24.3 Å². The number of morpholine rings is 1. The molecular weight excluding hydrogens is 544 g/mol. The molecule has 0 bridgehead atoms. The molecule has 0 spiro atoms. The number of pyridine rings is 1. The Labute approximate surface area is 254 Å². The lowest BCUT2D eigenvalue weighted by molar-refractivity contribution is 0.0342. The van der Waals surface area contributed by atoms with Crippen LogP contribution in [-0.2, 0) is 29.2 Å². The Morgan fingerprint density at radius 3 is 2.40 bits per heavy atom. The SMILES string of the molecule is CCN(c1cc(-c2ccc(CN3CCOCC3)cc2)cc(C(=O)NCc2c(CO)cc(C)nc2O)c1C)C1CCOCC1. The molecule has 5 rings (SSSR count). The minimum absolute atomic E-state index is 0.0561. The molecule has 0 unspecified atom stereocenters. The maximum Gasteiger partial charge on any atom is 0.251 e. The molecule has 0 saturated carbocycles. The zero-order valence-electron chi connectivity index (χ0n) is 25.6. The van der Waals surface area contributed by atoms with Gasteiger partial charge in [0, 0.05) is 74.5 Å². The van der Waals surface area contributed by atoms with Crippen molar-refractivity contribution in [3.63, 3.8) is 0 Å². The lowest BCUT2D eigenvalue weighted by Crippen LogP contribution is -2.40. The second-order valence-corrected chi connectivity index (χ2v) is 11.4. The van der Waals surface area contributed by atoms with Crippen LogP contribution in [0.15, 0.2) is 42.5 Å². The molecule has 9 heteroatoms. The minimum atomic E-state index is -0.251. The zero-order valence-corrected chi connectivity index (χ0v) is 25.6. The number of ether oxygens (including phenoxy) is 2. The predicted molar refractivity (Wildman–Crippen MR) is 167 cm³/mol. The van der Waals surface area contributed by atoms with Gasteiger partial charge in [0.15, 0.2) is 0 Å². The third-order valence-corrected chi connectivity index (χ3v) is 8.62. The van der Waals surface area contributed by atoms with E-state index >= 15 is 0 Å². The van der Waals surface area contributed by atoms with Crippen molar-refractivity contribution in [3.8, 4) is 17.0 Å². The lowest BCUT2D eigenvalue weighted by Gasteiger charge is -2.37. The molecule has 0 aliphatic carbocycles. The number of benzene rings is 2. The number of aromatic hydroxyl groups is 1. The molecule has 0 atom stereocenters. The number of aromatic nitrogens is 1. The third kappa shape index (κ3) is 7.36. The smallest absolute Gasteiger partial charge is 0.251 e. The molecule has 2 saturated heterocycles. The summed E-state index contributed by atoms with van der Waals surface area (Å²) in [6, 6.07) is 14.8. The summed E-state index contributed by atoms with van der Waals surface area (Å²) in [5, 5.41) is 23.3. The molecule has 0 radical (unpaired) electrons. The van der Waals surface area contributed by atoms with Gasteiger partial charge >= 0.3 is 0 Å². The van der Waals surface area contributed by atoms with Crippen molar-refractivity contribution in [1.29, 1.82) is 0 Å². The van der Waals surface area contributed by atoms with Gasteiger partial charge in [-0.05, 0) is 79.6 Å². The van der Waals surface area contributed by atoms with E-state index in [1.165, 1.54) is 5.56 Å². The van der Waals surface area contributed by atoms with Crippen molar-refractivity contribution in [2.45, 2.75) is 59.4 Å². The quantitative estimate of drug-likeness (QED) is 0.321. The first-order valence-electron chi connectivity index (χ1n) is 15.3. The summed E-state index contributed by atoms with van der Waals surface area (Å²) in [6.07, 6.45) is 1.89. The van der Waals surface area contributed by atoms with Crippen molar-refractivity contribution in [2.24, 2.45) is 0 Å². The molecule has 3 N–H and O–H groups in total. The maximum absolute atomic E-state index is 13.8. The molecule has 2 aromatic carbocycles. The number of aliphatic hydroxyl groups excluding tert-OH is 1. The Morgan fingerprint density at radius 2 is 1.72 bits per heavy atom. The summed E-state index contributed by atoms with van der Waals surface area (Å²) < 4.78 is 11.1. The minimum Gasteiger partial charge on any atom is -0.493 e. The van der Waals surface area contributed by atoms with E-state index in [9.17, 15) is 15.0 Å². The number of rotatable bonds is 10. The van der Waals surface area contributed by atoms with E-state index in [4.69, 9.17) is 9.47 Å². The molecule has 3 aromatic rings. The van der Waals surface area contributed by atoms with Gasteiger partial charge in [0.2, 0.25) is 5.88 Å². The number of aliphatic hydroxyl groups is 1. The fourth-order valence-corrected chi connectivity index (χ4v) is 6.19. The number of nitrogens with zero attached hydrogens (tertiary/aromatic N) is 3. The Hall–Kier alpha value is -3.50. The maximum atomic E-state index is 13.8. The predicted octanol–water partition coefficient (Wildman–Crippen LogP) is 4.33. The van der Waals surface area contributed by atoms with Gasteiger partial charge in [0.1, 0.15) is 0 Å². The highest BCUT2D eigenvalue weighted by molar-refractivity contribution is 5.99. The van der Waals surface area contributed by atoms with E-state index in [0.717, 1.165) is 87.8 Å². The van der Waals surface area contributed by atoms with Crippen molar-refractivity contribution in [3.05, 3.63) is 76.0 Å². The molecular formula is C34H44N4O5. The summed E-state index contributed by atoms with van der Waals surface area (Å²) in [7, 11) is 0. The standard InChI is InChI=1S/C34H44N4O5/c1-4-38(29-9-13-42-14-10-29)32-19-27(26-7-5-25(6-8-26)21-37-11-15-43-16-12-37)18-30(24(32)3)33(40)35-20-31-28(22-39)17-23(2)36-34(31)41/h5-8,17-19,29,39H,4,9-16,20-22H2,1-3H3,(H,35,40)(H,36,41). The van der Waals surface area contributed by atoms with Crippen LogP contribution in [0, 0.1) is 13.8 Å². The molecule has 43 heavy (non-hydrogen) atoms. The lowest BCUT2D eigenvalue weighted by atomic mass is 9.94. The van der Waals surface area contributed by atoms with Crippen molar-refractivity contribution >= 4 is 11.6 Å². The molecule has 1 aromatic heterocycles. The number of nitrogens with one attached hydrogen (secondary N) is 1. The highest BCUT2D eigenvalue weighted by atomic mass is 16.5. The second-order valence-electron chi connectivity index (χ2n) is 11.4. The van der Waals surface area contributed by atoms with Gasteiger partial charge in [-0.3, -0.25) is 9.69 Å². The van der Waals surface area contributed by atoms with E-state index in [1.807, 2.05) is 13.0 Å². The van der Waals surface area contributed by atoms with Crippen molar-refractivity contribution in [2.75, 3.05) is 51.0 Å². The van der Waals surface area contributed by atoms with Gasteiger partial charge in [-0.25, -0.2) is 4.98 Å². The van der Waals surface area contributed by atoms with E-state index < -0.39 is 0 Å². The van der Waals surface area contributed by atoms with Crippen molar-refractivity contribution in [1.82, 2.24) is 15.2 Å². The van der Waals surface area contributed by atoms with Crippen LogP contribution in [0.25, 0.3) is 11.1 Å². The fraction of sp³-hybridized carbons (Fsp3) is 0.471. The van der Waals surface area contributed by atoms with Gasteiger partial charge in [0.25, 0.3) is 5.91 Å². The van der Waals surface area contributed by atoms with Crippen LogP contribution in [0.1, 0.15) is 58.1 Å². The normalized spacial score (nSPS) is 16.3. The number of carbonyl (C=O) groups excluding carboxylic acids is 1. The Balaban J connectivity index is 1.46. The number of amides is 1. The molecule has 2 fully saturated rings. The van der Waals surface area contributed by atoms with Gasteiger partial charge in [-0.15, -0.1) is 0 Å². The van der Waals surface area contributed by atoms with Crippen LogP contribution in [0.3, 0.4) is 0 Å². The molecule has 1 amide bonds. The molecule has 2 aliphatic heterocycles. The third-order valence-electron chi connectivity index (χ3n) is 8.62. The highest BCUT2D eigenvalue weighted by Gasteiger charge is 2.25. The van der Waals surface area contributed by atoms with Crippen LogP contribution in [0.4, 0.5) is 5.69 Å². The molecule has 3 heterocycles. The van der Waals surface area contributed by atoms with E-state index in [2.05, 4.69) is 57.4 Å². The summed E-state index contributed by atoms with van der Waals surface area (Å²) in [5.74, 6) is -0.416. The summed E-state index contributed by atoms with van der Waals surface area (Å²) >= 11 is 0. The van der Waals surface area contributed by atoms with Crippen LogP contribution in [-0.4, -0.2) is 78.1 Å². The van der Waals surface area contributed by atoms with Crippen LogP contribution >= 0.6 is 0 Å². The first-order chi connectivity index (χ1) is 20.9. The molecule has 2 aliphatic rings. The number of anilines is 1. The fourth-order valence-electron chi connectivity index (χ4n) is 6.19. The van der Waals surface area contributed by atoms with E-state index in [-0.39, 0.29) is 24.9 Å². The number of hydrogen-bond donors (Lipinski definition) is 3. The number of carbonyl (C=O) groups is 1. The average molecular weight is 589 g/mol. The average Bonchev–Trinajstić information content (AvgIpc) is 3.02. The topological polar surface area (TPSA) is 107 Å². The first kappa shape index (κ1) is 30.9. The van der Waals surface area contributed by atoms with E-state index in [0.29, 0.717) is 28.4 Å². The van der Waals surface area contributed by atoms with Crippen LogP contribution in [0.5, 0.6) is 5.88 Å². The summed E-state index contributed by atoms with van der Waals surface area (Å²) in [5.41, 5.74) is 7.39. The first-order valence-corrected chi connectivity index (χ1v) is 15.3. The van der Waals surface area contributed by atoms with Crippen LogP contribution < -0.4 is 10.2 Å². The molecule has 230 valence electrons. The summed E-state index contributed by atoms with van der Waals surface area (Å²) in [6.45, 7) is 12.3. The van der Waals surface area contributed by atoms with E-state index in [1.54, 1.807) is 13.0 Å². The Morgan fingerprint density at radius 1 is 1.02 bits per heavy atom. The number of aryl methyl sites for hydroxylation is 1. The zero-order chi connectivity index (χ0) is 30.3. The Kier molecular flexibility index (Phi) is 10.3.